The van der Waals surface area contributed by atoms with Crippen LogP contribution in [0.3, 0.4) is 0 Å². The molecule has 4 aromatic carbocycles. The Morgan fingerprint density at radius 1 is 0.822 bits per heavy atom. The minimum absolute atomic E-state index is 0.0373. The lowest BCUT2D eigenvalue weighted by Gasteiger charge is -2.24. The second-order valence-electron chi connectivity index (χ2n) is 10.6. The van der Waals surface area contributed by atoms with E-state index in [-0.39, 0.29) is 11.6 Å². The number of carboxylic acid groups (broad SMARTS) is 1. The van der Waals surface area contributed by atoms with Gasteiger partial charge in [-0.3, -0.25) is 14.7 Å². The van der Waals surface area contributed by atoms with Gasteiger partial charge in [0.2, 0.25) is 11.7 Å². The Balaban J connectivity index is 1.51. The van der Waals surface area contributed by atoms with Gasteiger partial charge in [0.1, 0.15) is 0 Å². The molecule has 0 aromatic heterocycles. The zero-order valence-electron chi connectivity index (χ0n) is 23.8. The maximum atomic E-state index is 14.5. The van der Waals surface area contributed by atoms with E-state index in [0.717, 1.165) is 18.5 Å². The Morgan fingerprint density at radius 3 is 2.04 bits per heavy atom. The second kappa shape index (κ2) is 13.8. The van der Waals surface area contributed by atoms with Gasteiger partial charge in [-0.15, -0.1) is 0 Å². The molecule has 1 aliphatic rings. The van der Waals surface area contributed by atoms with E-state index in [0.29, 0.717) is 29.8 Å². The number of amides is 1. The van der Waals surface area contributed by atoms with Crippen LogP contribution in [0.4, 0.5) is 27.6 Å². The monoisotopic (exact) mass is 621 g/mol. The zero-order chi connectivity index (χ0) is 32.1. The second-order valence-corrected chi connectivity index (χ2v) is 10.6. The molecule has 1 saturated heterocycles. The number of hydrogen-bond donors (Lipinski definition) is 2. The van der Waals surface area contributed by atoms with Crippen molar-refractivity contribution in [3.8, 4) is 0 Å². The number of nitrogens with one attached hydrogen (secondary N) is 1. The molecule has 0 spiro atoms. The number of rotatable bonds is 10. The van der Waals surface area contributed by atoms with Crippen molar-refractivity contribution >= 4 is 23.3 Å². The van der Waals surface area contributed by atoms with E-state index in [1.165, 1.54) is 0 Å². The number of halogens is 5. The summed E-state index contributed by atoms with van der Waals surface area (Å²) >= 11 is 0. The number of anilines is 1. The molecule has 0 aliphatic carbocycles. The van der Waals surface area contributed by atoms with E-state index >= 15 is 0 Å². The number of carbonyl (C=O) groups is 2. The van der Waals surface area contributed by atoms with Crippen LogP contribution in [0.15, 0.2) is 89.9 Å². The molecular formula is C34H28F5N3O3. The van der Waals surface area contributed by atoms with E-state index < -0.39 is 59.1 Å². The first-order chi connectivity index (χ1) is 21.7. The highest BCUT2D eigenvalue weighted by molar-refractivity contribution is 6.17. The smallest absolute Gasteiger partial charge is 0.328 e. The van der Waals surface area contributed by atoms with Crippen LogP contribution in [-0.2, 0) is 22.6 Å². The fraction of sp³-hybridized carbons (Fsp3) is 0.206. The zero-order valence-corrected chi connectivity index (χ0v) is 23.8. The topological polar surface area (TPSA) is 82.0 Å². The fourth-order valence-corrected chi connectivity index (χ4v) is 5.41. The lowest BCUT2D eigenvalue weighted by Crippen LogP contribution is -2.39. The van der Waals surface area contributed by atoms with Gasteiger partial charge in [0.15, 0.2) is 29.3 Å². The fourth-order valence-electron chi connectivity index (χ4n) is 5.41. The summed E-state index contributed by atoms with van der Waals surface area (Å²) < 4.78 is 70.5. The molecule has 5 rings (SSSR count). The molecule has 0 saturated carbocycles. The number of aliphatic carboxylic acids is 1. The SMILES string of the molecule is O=C(O)[C@H](Cc1c(F)c(F)c(F)c(F)c1F)N=C(c1ccccc1)c1ccccc1NC(=O)[C@@H]1CCCN1Cc1ccccc1. The summed E-state index contributed by atoms with van der Waals surface area (Å²) in [6.07, 6.45) is 0.327. The van der Waals surface area contributed by atoms with Crippen LogP contribution in [0.25, 0.3) is 0 Å². The first-order valence-corrected chi connectivity index (χ1v) is 14.2. The minimum atomic E-state index is -2.34. The van der Waals surface area contributed by atoms with E-state index in [4.69, 9.17) is 0 Å². The van der Waals surface area contributed by atoms with Crippen molar-refractivity contribution < 1.29 is 36.6 Å². The Kier molecular flexibility index (Phi) is 9.68. The van der Waals surface area contributed by atoms with Crippen molar-refractivity contribution in [3.05, 3.63) is 136 Å². The van der Waals surface area contributed by atoms with Crippen LogP contribution in [-0.4, -0.2) is 46.2 Å². The van der Waals surface area contributed by atoms with Crippen molar-refractivity contribution in [1.29, 1.82) is 0 Å². The standard InChI is InChI=1S/C34H28F5N3O3/c35-27-23(28(36)30(38)31(39)29(27)37)18-25(34(44)45)40-32(21-12-5-2-6-13-21)22-14-7-8-15-24(22)41-33(43)26-16-9-17-42(26)19-20-10-3-1-4-11-20/h1-8,10-15,25-26H,9,16-19H2,(H,41,43)(H,44,45)/t25-,26-/m0/s1. The average Bonchev–Trinajstić information content (AvgIpc) is 3.52. The third-order valence-electron chi connectivity index (χ3n) is 7.65. The maximum absolute atomic E-state index is 14.5. The van der Waals surface area contributed by atoms with Crippen LogP contribution < -0.4 is 5.32 Å². The molecule has 4 aromatic rings. The van der Waals surface area contributed by atoms with E-state index in [9.17, 15) is 36.6 Å². The molecule has 0 radical (unpaired) electrons. The van der Waals surface area contributed by atoms with E-state index in [1.807, 2.05) is 30.3 Å². The summed E-state index contributed by atoms with van der Waals surface area (Å²) in [4.78, 5) is 32.3. The predicted octanol–water partition coefficient (Wildman–Crippen LogP) is 6.52. The molecule has 1 aliphatic heterocycles. The van der Waals surface area contributed by atoms with Gasteiger partial charge in [-0.1, -0.05) is 78.9 Å². The highest BCUT2D eigenvalue weighted by Gasteiger charge is 2.32. The largest absolute Gasteiger partial charge is 0.480 e. The quantitative estimate of drug-likeness (QED) is 0.0915. The van der Waals surface area contributed by atoms with Gasteiger partial charge in [-0.25, -0.2) is 26.7 Å². The molecule has 6 nitrogen and oxygen atoms in total. The predicted molar refractivity (Wildman–Crippen MR) is 158 cm³/mol. The summed E-state index contributed by atoms with van der Waals surface area (Å²) in [5, 5.41) is 12.9. The average molecular weight is 622 g/mol. The number of likely N-dealkylation sites (tertiary alicyclic amines) is 1. The molecule has 0 unspecified atom stereocenters. The first-order valence-electron chi connectivity index (χ1n) is 14.2. The number of nitrogens with zero attached hydrogens (tertiary/aromatic N) is 2. The third kappa shape index (κ3) is 6.93. The number of para-hydroxylation sites is 1. The number of carboxylic acids is 1. The molecular weight excluding hydrogens is 593 g/mol. The highest BCUT2D eigenvalue weighted by atomic mass is 19.2. The molecule has 45 heavy (non-hydrogen) atoms. The summed E-state index contributed by atoms with van der Waals surface area (Å²) in [6.45, 7) is 1.30. The first kappa shape index (κ1) is 31.5. The van der Waals surface area contributed by atoms with Crippen molar-refractivity contribution in [2.24, 2.45) is 4.99 Å². The third-order valence-corrected chi connectivity index (χ3v) is 7.65. The van der Waals surface area contributed by atoms with Gasteiger partial charge >= 0.3 is 5.97 Å². The Labute approximate surface area is 255 Å². The Morgan fingerprint density at radius 2 is 1.40 bits per heavy atom. The van der Waals surface area contributed by atoms with Crippen LogP contribution in [0.5, 0.6) is 0 Å². The number of aliphatic imine (C=N–C) groups is 1. The van der Waals surface area contributed by atoms with Gasteiger partial charge in [0.05, 0.1) is 17.4 Å². The van der Waals surface area contributed by atoms with Crippen LogP contribution in [0.1, 0.15) is 35.1 Å². The van der Waals surface area contributed by atoms with Crippen molar-refractivity contribution in [2.45, 2.75) is 37.9 Å². The van der Waals surface area contributed by atoms with Gasteiger partial charge in [-0.2, -0.15) is 0 Å². The number of benzene rings is 4. The van der Waals surface area contributed by atoms with E-state index in [2.05, 4.69) is 15.2 Å². The van der Waals surface area contributed by atoms with Crippen molar-refractivity contribution in [1.82, 2.24) is 4.90 Å². The van der Waals surface area contributed by atoms with E-state index in [1.54, 1.807) is 54.6 Å². The van der Waals surface area contributed by atoms with Gasteiger partial charge in [0.25, 0.3) is 0 Å². The van der Waals surface area contributed by atoms with Crippen LogP contribution >= 0.6 is 0 Å². The van der Waals surface area contributed by atoms with Crippen molar-refractivity contribution in [3.63, 3.8) is 0 Å². The summed E-state index contributed by atoms with van der Waals surface area (Å²) in [7, 11) is 0. The Hall–Kier alpha value is -4.90. The van der Waals surface area contributed by atoms with Gasteiger partial charge < -0.3 is 10.4 Å². The summed E-state index contributed by atoms with van der Waals surface area (Å²) in [5.41, 5.74) is 0.802. The molecule has 2 N–H and O–H groups in total. The Bertz CT molecular complexity index is 1710. The molecule has 11 heteroatoms. The summed E-state index contributed by atoms with van der Waals surface area (Å²) in [6, 6.07) is 22.1. The molecule has 0 bridgehead atoms. The summed E-state index contributed by atoms with van der Waals surface area (Å²) in [5.74, 6) is -12.9. The normalized spacial score (nSPS) is 16.0. The number of carbonyl (C=O) groups excluding carboxylic acids is 1. The molecule has 1 amide bonds. The molecule has 1 heterocycles. The van der Waals surface area contributed by atoms with Gasteiger partial charge in [0, 0.05) is 29.7 Å². The van der Waals surface area contributed by atoms with Crippen LogP contribution in [0, 0.1) is 29.1 Å². The van der Waals surface area contributed by atoms with Crippen LogP contribution in [0.2, 0.25) is 0 Å². The molecule has 232 valence electrons. The molecule has 2 atom stereocenters. The number of hydrogen-bond acceptors (Lipinski definition) is 4. The lowest BCUT2D eigenvalue weighted by molar-refractivity contribution is -0.138. The van der Waals surface area contributed by atoms with Gasteiger partial charge in [-0.05, 0) is 31.0 Å². The van der Waals surface area contributed by atoms with Crippen molar-refractivity contribution in [2.75, 3.05) is 11.9 Å². The molecule has 1 fully saturated rings. The lowest BCUT2D eigenvalue weighted by atomic mass is 9.98. The highest BCUT2D eigenvalue weighted by Crippen LogP contribution is 2.28. The minimum Gasteiger partial charge on any atom is -0.480 e. The maximum Gasteiger partial charge on any atom is 0.328 e.